The van der Waals surface area contributed by atoms with Crippen LogP contribution in [0.3, 0.4) is 0 Å². The van der Waals surface area contributed by atoms with Gasteiger partial charge in [0.1, 0.15) is 0 Å². The zero-order valence-electron chi connectivity index (χ0n) is 11.8. The van der Waals surface area contributed by atoms with Gasteiger partial charge in [0, 0.05) is 11.9 Å². The maximum Gasteiger partial charge on any atom is 0.241 e. The van der Waals surface area contributed by atoms with Gasteiger partial charge in [0.05, 0.1) is 11.7 Å². The first-order valence-corrected chi connectivity index (χ1v) is 6.78. The van der Waals surface area contributed by atoms with Crippen molar-refractivity contribution >= 4 is 11.6 Å². The number of nitrogens with one attached hydrogen (secondary N) is 2. The quantitative estimate of drug-likeness (QED) is 0.781. The largest absolute Gasteiger partial charge is 0.325 e. The molecule has 0 bridgehead atoms. The zero-order chi connectivity index (χ0) is 14.5. The van der Waals surface area contributed by atoms with E-state index in [9.17, 15) is 4.79 Å². The van der Waals surface area contributed by atoms with Crippen molar-refractivity contribution in [1.29, 1.82) is 0 Å². The average molecular weight is 272 g/mol. The average Bonchev–Trinajstić information content (AvgIpc) is 3.00. The van der Waals surface area contributed by atoms with Gasteiger partial charge >= 0.3 is 0 Å². The van der Waals surface area contributed by atoms with E-state index in [1.165, 1.54) is 0 Å². The van der Waals surface area contributed by atoms with Crippen molar-refractivity contribution in [2.24, 2.45) is 11.7 Å². The number of nitrogens with zero attached hydrogens (tertiary/aromatic N) is 1. The number of carbonyl (C=O) groups is 1. The number of aromatic nitrogens is 2. The zero-order valence-corrected chi connectivity index (χ0v) is 11.8. The topological polar surface area (TPSA) is 83.8 Å². The number of carbonyl (C=O) groups excluding carboxylic acids is 1. The van der Waals surface area contributed by atoms with Gasteiger partial charge in [0.25, 0.3) is 0 Å². The molecule has 0 radical (unpaired) electrons. The summed E-state index contributed by atoms with van der Waals surface area (Å²) in [6.07, 6.45) is 2.59. The van der Waals surface area contributed by atoms with E-state index in [4.69, 9.17) is 5.73 Å². The van der Waals surface area contributed by atoms with Crippen LogP contribution in [0.1, 0.15) is 20.3 Å². The Kier molecular flexibility index (Phi) is 4.53. The second-order valence-electron chi connectivity index (χ2n) is 4.95. The SMILES string of the molecule is CCC(C)[C@H](N)C(=O)Nc1ccc(-c2ccn[nH]2)cc1. The van der Waals surface area contributed by atoms with Crippen LogP contribution in [-0.4, -0.2) is 22.1 Å². The molecule has 1 unspecified atom stereocenters. The number of hydrogen-bond acceptors (Lipinski definition) is 3. The predicted molar refractivity (Wildman–Crippen MR) is 80.1 cm³/mol. The number of anilines is 1. The highest BCUT2D eigenvalue weighted by Crippen LogP contribution is 2.19. The fourth-order valence-corrected chi connectivity index (χ4v) is 1.89. The minimum Gasteiger partial charge on any atom is -0.325 e. The molecule has 4 N–H and O–H groups in total. The van der Waals surface area contributed by atoms with E-state index in [-0.39, 0.29) is 11.8 Å². The third kappa shape index (κ3) is 3.24. The predicted octanol–water partition coefficient (Wildman–Crippen LogP) is 2.39. The summed E-state index contributed by atoms with van der Waals surface area (Å²) in [7, 11) is 0. The molecular weight excluding hydrogens is 252 g/mol. The summed E-state index contributed by atoms with van der Waals surface area (Å²) in [5, 5.41) is 9.65. The first-order valence-electron chi connectivity index (χ1n) is 6.78. The number of amides is 1. The summed E-state index contributed by atoms with van der Waals surface area (Å²) in [6.45, 7) is 4.00. The van der Waals surface area contributed by atoms with Crippen molar-refractivity contribution in [3.63, 3.8) is 0 Å². The molecule has 0 saturated heterocycles. The standard InChI is InChI=1S/C15H20N4O/c1-3-10(2)14(16)15(20)18-12-6-4-11(5-7-12)13-8-9-17-19-13/h4-10,14H,3,16H2,1-2H3,(H,17,19)(H,18,20)/t10?,14-/m0/s1. The van der Waals surface area contributed by atoms with Crippen LogP contribution in [0.4, 0.5) is 5.69 Å². The highest BCUT2D eigenvalue weighted by molar-refractivity contribution is 5.95. The van der Waals surface area contributed by atoms with Gasteiger partial charge in [-0.25, -0.2) is 0 Å². The third-order valence-corrected chi connectivity index (χ3v) is 3.52. The monoisotopic (exact) mass is 272 g/mol. The summed E-state index contributed by atoms with van der Waals surface area (Å²) in [5.41, 5.74) is 8.61. The Balaban J connectivity index is 2.02. The second-order valence-corrected chi connectivity index (χ2v) is 4.95. The third-order valence-electron chi connectivity index (χ3n) is 3.52. The molecule has 0 fully saturated rings. The molecule has 0 aliphatic heterocycles. The van der Waals surface area contributed by atoms with Gasteiger partial charge in [-0.15, -0.1) is 0 Å². The molecule has 0 aliphatic rings. The Morgan fingerprint density at radius 3 is 2.60 bits per heavy atom. The molecule has 0 saturated carbocycles. The van der Waals surface area contributed by atoms with Gasteiger partial charge in [-0.05, 0) is 29.7 Å². The van der Waals surface area contributed by atoms with E-state index in [1.807, 2.05) is 44.2 Å². The normalized spacial score (nSPS) is 13.8. The second kappa shape index (κ2) is 6.34. The van der Waals surface area contributed by atoms with Gasteiger partial charge in [-0.1, -0.05) is 32.4 Å². The molecule has 1 amide bonds. The molecule has 0 spiro atoms. The van der Waals surface area contributed by atoms with Crippen molar-refractivity contribution in [1.82, 2.24) is 10.2 Å². The minimum absolute atomic E-state index is 0.145. The minimum atomic E-state index is -0.479. The first-order chi connectivity index (χ1) is 9.61. The van der Waals surface area contributed by atoms with Gasteiger partial charge in [-0.3, -0.25) is 9.89 Å². The maximum absolute atomic E-state index is 12.0. The van der Waals surface area contributed by atoms with Gasteiger partial charge < -0.3 is 11.1 Å². The molecule has 2 aromatic rings. The molecule has 1 heterocycles. The number of rotatable bonds is 5. The van der Waals surface area contributed by atoms with Crippen LogP contribution in [0.5, 0.6) is 0 Å². The fourth-order valence-electron chi connectivity index (χ4n) is 1.89. The number of nitrogens with two attached hydrogens (primary N) is 1. The van der Waals surface area contributed by atoms with E-state index in [0.29, 0.717) is 0 Å². The van der Waals surface area contributed by atoms with Crippen LogP contribution in [0.15, 0.2) is 36.5 Å². The highest BCUT2D eigenvalue weighted by atomic mass is 16.2. The van der Waals surface area contributed by atoms with Crippen molar-refractivity contribution in [2.45, 2.75) is 26.3 Å². The van der Waals surface area contributed by atoms with Crippen molar-refractivity contribution in [3.8, 4) is 11.3 Å². The van der Waals surface area contributed by atoms with Crippen LogP contribution in [0.2, 0.25) is 0 Å². The summed E-state index contributed by atoms with van der Waals surface area (Å²) in [6, 6.07) is 8.99. The van der Waals surface area contributed by atoms with E-state index < -0.39 is 6.04 Å². The summed E-state index contributed by atoms with van der Waals surface area (Å²) in [4.78, 5) is 12.0. The Morgan fingerprint density at radius 1 is 1.35 bits per heavy atom. The summed E-state index contributed by atoms with van der Waals surface area (Å²) >= 11 is 0. The van der Waals surface area contributed by atoms with Gasteiger partial charge in [0.15, 0.2) is 0 Å². The molecule has 1 aromatic carbocycles. The van der Waals surface area contributed by atoms with E-state index in [2.05, 4.69) is 15.5 Å². The molecule has 106 valence electrons. The lowest BCUT2D eigenvalue weighted by atomic mass is 9.99. The molecule has 1 aromatic heterocycles. The molecule has 2 atom stereocenters. The van der Waals surface area contributed by atoms with Crippen LogP contribution in [0.25, 0.3) is 11.3 Å². The summed E-state index contributed by atoms with van der Waals surface area (Å²) < 4.78 is 0. The van der Waals surface area contributed by atoms with E-state index >= 15 is 0 Å². The maximum atomic E-state index is 12.0. The lowest BCUT2D eigenvalue weighted by Crippen LogP contribution is -2.40. The van der Waals surface area contributed by atoms with Gasteiger partial charge in [-0.2, -0.15) is 5.10 Å². The molecular formula is C15H20N4O. The molecule has 20 heavy (non-hydrogen) atoms. The van der Waals surface area contributed by atoms with Crippen LogP contribution < -0.4 is 11.1 Å². The van der Waals surface area contributed by atoms with Gasteiger partial charge in [0.2, 0.25) is 5.91 Å². The smallest absolute Gasteiger partial charge is 0.241 e. The number of hydrogen-bond donors (Lipinski definition) is 3. The fraction of sp³-hybridized carbons (Fsp3) is 0.333. The molecule has 0 aliphatic carbocycles. The van der Waals surface area contributed by atoms with E-state index in [0.717, 1.165) is 23.4 Å². The molecule has 2 rings (SSSR count). The number of aromatic amines is 1. The number of benzene rings is 1. The highest BCUT2D eigenvalue weighted by Gasteiger charge is 2.19. The van der Waals surface area contributed by atoms with Crippen molar-refractivity contribution in [3.05, 3.63) is 36.5 Å². The van der Waals surface area contributed by atoms with Crippen molar-refractivity contribution in [2.75, 3.05) is 5.32 Å². The summed E-state index contributed by atoms with van der Waals surface area (Å²) in [5.74, 6) is 0.0212. The number of H-pyrrole nitrogens is 1. The van der Waals surface area contributed by atoms with Crippen molar-refractivity contribution < 1.29 is 4.79 Å². The van der Waals surface area contributed by atoms with Crippen LogP contribution in [-0.2, 0) is 4.79 Å². The lowest BCUT2D eigenvalue weighted by Gasteiger charge is -2.17. The Labute approximate surface area is 118 Å². The first kappa shape index (κ1) is 14.3. The molecule has 5 heteroatoms. The van der Waals surface area contributed by atoms with Crippen LogP contribution >= 0.6 is 0 Å². The van der Waals surface area contributed by atoms with Crippen LogP contribution in [0, 0.1) is 5.92 Å². The van der Waals surface area contributed by atoms with E-state index in [1.54, 1.807) is 6.20 Å². The Bertz CT molecular complexity index is 548. The lowest BCUT2D eigenvalue weighted by molar-refractivity contribution is -0.118. The Morgan fingerprint density at radius 2 is 2.05 bits per heavy atom. The Hall–Kier alpha value is -2.14. The molecule has 5 nitrogen and oxygen atoms in total.